The molecule has 0 bridgehead atoms. The van der Waals surface area contributed by atoms with E-state index in [1.807, 2.05) is 0 Å². The van der Waals surface area contributed by atoms with Crippen LogP contribution in [-0.2, 0) is 26.2 Å². The van der Waals surface area contributed by atoms with Crippen LogP contribution in [0.15, 0.2) is 0 Å². The minimum absolute atomic E-state index is 0. The molecule has 0 aromatic heterocycles. The van der Waals surface area contributed by atoms with E-state index in [2.05, 4.69) is 27.7 Å². The molecule has 0 unspecified atom stereocenters. The molecule has 0 rings (SSSR count). The Balaban J connectivity index is -0.0000000345. The molecule has 37 heavy (non-hydrogen) atoms. The molecule has 0 heterocycles. The van der Waals surface area contributed by atoms with Crippen LogP contribution < -0.4 is 0 Å². The van der Waals surface area contributed by atoms with Crippen molar-refractivity contribution in [2.24, 2.45) is 0 Å². The summed E-state index contributed by atoms with van der Waals surface area (Å²) in [6.07, 6.45) is 7.49. The first-order valence-corrected chi connectivity index (χ1v) is 13.7. The fraction of sp³-hybridized carbons (Fsp3) is 1.00. The average Bonchev–Trinajstić information content (AvgIpc) is 2.70. The summed E-state index contributed by atoms with van der Waals surface area (Å²) in [5.74, 6) is 0. The Labute approximate surface area is 251 Å². The summed E-state index contributed by atoms with van der Waals surface area (Å²) >= 11 is 0. The van der Waals surface area contributed by atoms with E-state index >= 15 is 0 Å². The molecule has 9 heteroatoms. The van der Waals surface area contributed by atoms with Crippen molar-refractivity contribution >= 4 is 0 Å². The predicted molar refractivity (Wildman–Crippen MR) is 157 cm³/mol. The van der Waals surface area contributed by atoms with Gasteiger partial charge in [-0.3, -0.25) is 0 Å². The van der Waals surface area contributed by atoms with Crippen LogP contribution in [0.5, 0.6) is 0 Å². The molecule has 8 N–H and O–H groups in total. The minimum atomic E-state index is -0.167. The Morgan fingerprint density at radius 2 is 0.432 bits per heavy atom. The summed E-state index contributed by atoms with van der Waals surface area (Å²) in [5, 5.41) is 64.5. The largest absolute Gasteiger partial charge is 0.396 e. The fourth-order valence-corrected chi connectivity index (χ4v) is 0.632. The van der Waals surface area contributed by atoms with Crippen molar-refractivity contribution in [1.82, 2.24) is 0 Å². The molecule has 0 aliphatic heterocycles. The summed E-state index contributed by atoms with van der Waals surface area (Å²) < 4.78 is 0. The van der Waals surface area contributed by atoms with Gasteiger partial charge in [-0.05, 0) is 81.1 Å². The fourth-order valence-electron chi connectivity index (χ4n) is 0.632. The van der Waals surface area contributed by atoms with Crippen LogP contribution in [0.3, 0.4) is 0 Å². The molecule has 0 amide bonds. The molecule has 0 aliphatic rings. The zero-order valence-electron chi connectivity index (χ0n) is 26.9. The van der Waals surface area contributed by atoms with E-state index in [4.69, 9.17) is 40.9 Å². The molecule has 0 atom stereocenters. The Morgan fingerprint density at radius 1 is 0.351 bits per heavy atom. The standard InChI is InChI=1S/4C4H10O.4C3H8O.Zr/c4*1-2-3-4-5;4*1-3(2)4;/h4*5H,2-4H2,1H3;4*3-4H,1-2H3;. The second-order valence-electron chi connectivity index (χ2n) is 8.68. The zero-order chi connectivity index (χ0) is 30.8. The zero-order valence-corrected chi connectivity index (χ0v) is 29.3. The van der Waals surface area contributed by atoms with Crippen molar-refractivity contribution in [1.29, 1.82) is 0 Å². The van der Waals surface area contributed by atoms with Crippen LogP contribution in [0.25, 0.3) is 0 Å². The summed E-state index contributed by atoms with van der Waals surface area (Å²) in [7, 11) is 0. The van der Waals surface area contributed by atoms with Gasteiger partial charge in [0.15, 0.2) is 0 Å². The molecular weight excluding hydrogens is 556 g/mol. The van der Waals surface area contributed by atoms with Crippen molar-refractivity contribution in [3.63, 3.8) is 0 Å². The minimum Gasteiger partial charge on any atom is -0.396 e. The van der Waals surface area contributed by atoms with Gasteiger partial charge in [0.05, 0.1) is 0 Å². The molecule has 236 valence electrons. The maximum atomic E-state index is 8.07. The van der Waals surface area contributed by atoms with Gasteiger partial charge in [0.2, 0.25) is 0 Å². The molecule has 0 aliphatic carbocycles. The molecule has 0 saturated heterocycles. The SMILES string of the molecule is CC(C)O.CC(C)O.CC(C)O.CC(C)O.CCCCO.CCCCO.CCCCO.CCCCO.[Zr]. The third kappa shape index (κ3) is 596. The van der Waals surface area contributed by atoms with Crippen molar-refractivity contribution in [2.75, 3.05) is 26.4 Å². The molecule has 0 aromatic rings. The normalized spacial score (nSPS) is 8.43. The third-order valence-electron chi connectivity index (χ3n) is 2.05. The third-order valence-corrected chi connectivity index (χ3v) is 2.05. The summed E-state index contributed by atoms with van der Waals surface area (Å²) in [5.41, 5.74) is 0. The molecule has 8 nitrogen and oxygen atoms in total. The number of aliphatic hydroxyl groups is 8. The van der Waals surface area contributed by atoms with Gasteiger partial charge >= 0.3 is 0 Å². The van der Waals surface area contributed by atoms with E-state index < -0.39 is 0 Å². The van der Waals surface area contributed by atoms with Crippen molar-refractivity contribution in [2.45, 2.75) is 159 Å². The first-order chi connectivity index (χ1) is 16.6. The van der Waals surface area contributed by atoms with Gasteiger partial charge in [0, 0.05) is 77.0 Å². The van der Waals surface area contributed by atoms with Gasteiger partial charge in [0.1, 0.15) is 0 Å². The van der Waals surface area contributed by atoms with Crippen LogP contribution in [-0.4, -0.2) is 91.7 Å². The van der Waals surface area contributed by atoms with E-state index in [0.717, 1.165) is 51.4 Å². The van der Waals surface area contributed by atoms with Crippen molar-refractivity contribution in [3.8, 4) is 0 Å². The second-order valence-corrected chi connectivity index (χ2v) is 8.68. The van der Waals surface area contributed by atoms with Crippen molar-refractivity contribution in [3.05, 3.63) is 0 Å². The Hall–Kier alpha value is 0.563. The van der Waals surface area contributed by atoms with Gasteiger partial charge < -0.3 is 40.9 Å². The van der Waals surface area contributed by atoms with E-state index in [9.17, 15) is 0 Å². The smallest absolute Gasteiger partial charge is 0.0483 e. The van der Waals surface area contributed by atoms with Crippen LogP contribution in [0.4, 0.5) is 0 Å². The van der Waals surface area contributed by atoms with Gasteiger partial charge in [-0.15, -0.1) is 0 Å². The van der Waals surface area contributed by atoms with E-state index in [-0.39, 0.29) is 50.6 Å². The van der Waals surface area contributed by atoms with Gasteiger partial charge in [-0.1, -0.05) is 53.4 Å². The molecule has 0 fully saturated rings. The predicted octanol–water partition coefficient (Wildman–Crippen LogP) is 4.66. The molecule has 0 radical (unpaired) electrons. The van der Waals surface area contributed by atoms with E-state index in [1.165, 1.54) is 0 Å². The monoisotopic (exact) mass is 626 g/mol. The van der Waals surface area contributed by atoms with Crippen LogP contribution in [0.2, 0.25) is 0 Å². The second kappa shape index (κ2) is 76.6. The van der Waals surface area contributed by atoms with E-state index in [0.29, 0.717) is 26.4 Å². The number of rotatable bonds is 8. The summed E-state index contributed by atoms with van der Waals surface area (Å²) in [6, 6.07) is 0. The van der Waals surface area contributed by atoms with Gasteiger partial charge in [-0.25, -0.2) is 0 Å². The van der Waals surface area contributed by atoms with E-state index in [1.54, 1.807) is 55.4 Å². The summed E-state index contributed by atoms with van der Waals surface area (Å²) in [4.78, 5) is 0. The van der Waals surface area contributed by atoms with Gasteiger partial charge in [0.25, 0.3) is 0 Å². The molecule has 0 saturated carbocycles. The molecule has 0 spiro atoms. The first-order valence-electron chi connectivity index (χ1n) is 13.7. The maximum absolute atomic E-state index is 8.07. The van der Waals surface area contributed by atoms with Gasteiger partial charge in [-0.2, -0.15) is 0 Å². The topological polar surface area (TPSA) is 162 Å². The molecule has 0 aromatic carbocycles. The Kier molecular flexibility index (Phi) is 128. The Bertz CT molecular complexity index is 179. The quantitative estimate of drug-likeness (QED) is 0.193. The number of unbranched alkanes of at least 4 members (excludes halogenated alkanes) is 4. The van der Waals surface area contributed by atoms with Crippen LogP contribution in [0, 0.1) is 0 Å². The van der Waals surface area contributed by atoms with Crippen LogP contribution in [0.1, 0.15) is 134 Å². The average molecular weight is 628 g/mol. The van der Waals surface area contributed by atoms with Crippen LogP contribution >= 0.6 is 0 Å². The first kappa shape index (κ1) is 61.6. The maximum Gasteiger partial charge on any atom is 0.0483 e. The van der Waals surface area contributed by atoms with Crippen molar-refractivity contribution < 1.29 is 67.1 Å². The molecular formula is C28H72O8Zr. The Morgan fingerprint density at radius 3 is 0.432 bits per heavy atom. The summed E-state index contributed by atoms with van der Waals surface area (Å²) in [6.45, 7) is 23.4. The number of hydrogen-bond acceptors (Lipinski definition) is 8. The number of hydrogen-bond donors (Lipinski definition) is 8. The number of aliphatic hydroxyl groups excluding tert-OH is 8.